The van der Waals surface area contributed by atoms with E-state index in [-0.39, 0.29) is 56.6 Å². The van der Waals surface area contributed by atoms with Gasteiger partial charge in [0, 0.05) is 13.2 Å². The van der Waals surface area contributed by atoms with E-state index >= 15 is 0 Å². The van der Waals surface area contributed by atoms with Crippen LogP contribution in [0.5, 0.6) is 0 Å². The van der Waals surface area contributed by atoms with Crippen molar-refractivity contribution < 1.29 is 75.4 Å². The Bertz CT molecular complexity index is 558. The third-order valence-corrected chi connectivity index (χ3v) is 36.8. The van der Waals surface area contributed by atoms with Crippen LogP contribution in [0.4, 0.5) is 0 Å². The van der Waals surface area contributed by atoms with Gasteiger partial charge in [0.2, 0.25) is 0 Å². The Morgan fingerprint density at radius 3 is 0.909 bits per heavy atom. The molecule has 0 atom stereocenters. The second-order valence-corrected chi connectivity index (χ2v) is 46.6. The minimum Gasteiger partial charge on any atom is -0.552 e. The molecule has 0 spiro atoms. The Hall–Kier alpha value is 2.89. The van der Waals surface area contributed by atoms with Gasteiger partial charge in [-0.15, -0.1) is 0 Å². The Balaban J connectivity index is -0.000000221. The van der Waals surface area contributed by atoms with Crippen LogP contribution in [0.15, 0.2) is 0 Å². The van der Waals surface area contributed by atoms with E-state index in [1.165, 1.54) is 31.4 Å². The predicted octanol–water partition coefficient (Wildman–Crippen LogP) is -1.50. The zero-order valence-corrected chi connectivity index (χ0v) is 39.2. The van der Waals surface area contributed by atoms with Gasteiger partial charge < -0.3 is 30.3 Å². The SMILES string of the molecule is C[Si]1(C)CC[Si](C)(C)N1.C[Si]1(C)CC[Si](C)(C)[NH2+]1.C[Si]1(C)CC[Si](C)(C)[NH2+]1.[CH-]1CCCO1.[CH-]1CCCO1.[CH2-]CCC.[Li+].[Li+].[Li+]. The van der Waals surface area contributed by atoms with Gasteiger partial charge in [0.25, 0.3) is 32.9 Å². The van der Waals surface area contributed by atoms with Gasteiger partial charge in [-0.25, -0.2) is 13.2 Å². The summed E-state index contributed by atoms with van der Waals surface area (Å²) in [6.07, 6.45) is 7.03. The number of unbranched alkanes of at least 4 members (excludes halogenated alkanes) is 1. The summed E-state index contributed by atoms with van der Waals surface area (Å²) in [5, 5.41) is 0. The maximum Gasteiger partial charge on any atom is 1.00 e. The fourth-order valence-corrected chi connectivity index (χ4v) is 49.1. The van der Waals surface area contributed by atoms with E-state index in [1.54, 1.807) is 24.2 Å². The van der Waals surface area contributed by atoms with Crippen LogP contribution in [0.2, 0.25) is 115 Å². The first-order valence-corrected chi connectivity index (χ1v) is 36.4. The van der Waals surface area contributed by atoms with Crippen molar-refractivity contribution in [3.63, 3.8) is 0 Å². The Morgan fingerprint density at radius 2 is 0.841 bits per heavy atom. The van der Waals surface area contributed by atoms with Crippen molar-refractivity contribution in [2.24, 2.45) is 0 Å². The van der Waals surface area contributed by atoms with E-state index in [2.05, 4.69) is 106 Å². The standard InChI is InChI=1S/2C6H18NSi2.C6H17NSi2.2C4H7O.C4H9.3Li/c3*1-8(2)5-6-9(3,4)7-8;2*1-2-4-5-3-1;1-3-4-2;;;/h2*5-7H2,1-4H3;7H,5-6H2,1-4H3;2*3H,1-2,4H2;1,3-4H2,2H3;;;/q2*+1;;3*-1;3*+1. The average Bonchev–Trinajstić information content (AvgIpc) is 3.64. The summed E-state index contributed by atoms with van der Waals surface area (Å²) in [4.78, 5) is 0. The van der Waals surface area contributed by atoms with Gasteiger partial charge in [-0.05, 0) is 88.6 Å². The van der Waals surface area contributed by atoms with Crippen LogP contribution in [-0.4, -0.2) is 62.6 Å². The molecule has 0 aromatic carbocycles. The minimum atomic E-state index is -0.864. The number of hydrogen-bond acceptors (Lipinski definition) is 3. The summed E-state index contributed by atoms with van der Waals surface area (Å²) in [7, 11) is -4.68. The van der Waals surface area contributed by atoms with Crippen molar-refractivity contribution >= 4 is 49.4 Å². The van der Waals surface area contributed by atoms with Crippen LogP contribution in [0.25, 0.3) is 0 Å². The summed E-state index contributed by atoms with van der Waals surface area (Å²) in [6, 6.07) is 9.26. The molecule has 5 aliphatic heterocycles. The summed E-state index contributed by atoms with van der Waals surface area (Å²) in [5.74, 6) is 0. The topological polar surface area (TPSA) is 63.7 Å². The molecule has 0 aliphatic carbocycles. The van der Waals surface area contributed by atoms with Gasteiger partial charge in [-0.2, -0.15) is 19.3 Å². The van der Waals surface area contributed by atoms with Crippen LogP contribution in [0, 0.1) is 20.1 Å². The van der Waals surface area contributed by atoms with Crippen molar-refractivity contribution in [3.05, 3.63) is 20.1 Å². The molecule has 5 saturated heterocycles. The second kappa shape index (κ2) is 25.8. The normalized spacial score (nSPS) is 25.0. The summed E-state index contributed by atoms with van der Waals surface area (Å²) in [5.41, 5.74) is 0. The average molecular weight is 700 g/mol. The van der Waals surface area contributed by atoms with Crippen LogP contribution in [-0.2, 0) is 9.47 Å². The molecule has 5 heterocycles. The van der Waals surface area contributed by atoms with Gasteiger partial charge in [-0.1, -0.05) is 52.4 Å². The monoisotopic (exact) mass is 700 g/mol. The smallest absolute Gasteiger partial charge is 0.552 e. The largest absolute Gasteiger partial charge is 1.00 e. The van der Waals surface area contributed by atoms with Crippen LogP contribution < -0.4 is 70.5 Å². The molecule has 44 heavy (non-hydrogen) atoms. The van der Waals surface area contributed by atoms with E-state index in [1.807, 2.05) is 13.2 Å². The Kier molecular flexibility index (Phi) is 31.5. The molecule has 0 aromatic heterocycles. The first kappa shape index (κ1) is 53.7. The van der Waals surface area contributed by atoms with E-state index in [4.69, 9.17) is 9.47 Å². The van der Waals surface area contributed by atoms with Crippen molar-refractivity contribution in [2.45, 2.75) is 160 Å². The number of rotatable bonds is 1. The van der Waals surface area contributed by atoms with E-state index in [0.29, 0.717) is 0 Å². The number of nitrogens with one attached hydrogen (secondary N) is 1. The number of quaternary nitrogens is 2. The quantitative estimate of drug-likeness (QED) is 0.231. The Labute approximate surface area is 320 Å². The minimum absolute atomic E-state index is 0. The molecule has 5 N–H and O–H groups in total. The molecule has 5 nitrogen and oxygen atoms in total. The number of nitrogens with two attached hydrogens (primary N) is 2. The molecule has 5 fully saturated rings. The second-order valence-electron chi connectivity index (χ2n) is 16.8. The maximum absolute atomic E-state index is 4.82. The maximum atomic E-state index is 4.82. The van der Waals surface area contributed by atoms with Crippen molar-refractivity contribution in [2.75, 3.05) is 13.2 Å². The molecule has 0 aromatic rings. The molecule has 14 heteroatoms. The predicted molar refractivity (Wildman–Crippen MR) is 200 cm³/mol. The van der Waals surface area contributed by atoms with Gasteiger partial charge in [0.1, 0.15) is 16.5 Å². The van der Waals surface area contributed by atoms with Crippen LogP contribution >= 0.6 is 0 Å². The van der Waals surface area contributed by atoms with E-state index in [9.17, 15) is 0 Å². The van der Waals surface area contributed by atoms with E-state index in [0.717, 1.165) is 32.5 Å². The van der Waals surface area contributed by atoms with Crippen molar-refractivity contribution in [3.8, 4) is 0 Å². The first-order chi connectivity index (χ1) is 18.7. The van der Waals surface area contributed by atoms with Gasteiger partial charge >= 0.3 is 56.6 Å². The van der Waals surface area contributed by atoms with Crippen molar-refractivity contribution in [1.82, 2.24) is 4.65 Å². The third-order valence-electron chi connectivity index (χ3n) is 8.20. The molecular formula is C30H76Li3N3O2Si6+2. The zero-order valence-electron chi connectivity index (χ0n) is 33.2. The summed E-state index contributed by atoms with van der Waals surface area (Å²) < 4.78 is 19.0. The summed E-state index contributed by atoms with van der Waals surface area (Å²) in [6.45, 7) is 41.0. The van der Waals surface area contributed by atoms with Crippen LogP contribution in [0.3, 0.4) is 0 Å². The molecule has 248 valence electrons. The van der Waals surface area contributed by atoms with Crippen LogP contribution in [0.1, 0.15) is 45.4 Å². The number of ether oxygens (including phenoxy) is 2. The Morgan fingerprint density at radius 1 is 0.568 bits per heavy atom. The van der Waals surface area contributed by atoms with Gasteiger partial charge in [0.15, 0.2) is 0 Å². The fraction of sp³-hybridized carbons (Fsp3) is 0.900. The van der Waals surface area contributed by atoms with Gasteiger partial charge in [-0.3, -0.25) is 0 Å². The molecule has 0 radical (unpaired) electrons. The molecule has 0 unspecified atom stereocenters. The zero-order chi connectivity index (χ0) is 31.8. The molecule has 0 bridgehead atoms. The van der Waals surface area contributed by atoms with Crippen molar-refractivity contribution in [1.29, 1.82) is 0 Å². The fourth-order valence-electron chi connectivity index (χ4n) is 6.19. The molecule has 5 aliphatic rings. The van der Waals surface area contributed by atoms with E-state index < -0.39 is 49.4 Å². The molecule has 5 rings (SSSR count). The molecular weight excluding hydrogens is 624 g/mol. The molecule has 0 amide bonds. The first-order valence-electron chi connectivity index (χ1n) is 16.8. The third kappa shape index (κ3) is 30.9. The summed E-state index contributed by atoms with van der Waals surface area (Å²) >= 11 is 0. The van der Waals surface area contributed by atoms with Gasteiger partial charge in [0.05, 0.1) is 0 Å². The number of hydrogen-bond donors (Lipinski definition) is 3. The molecule has 0 saturated carbocycles.